The van der Waals surface area contributed by atoms with Gasteiger partial charge in [0.1, 0.15) is 11.6 Å². The smallest absolute Gasteiger partial charge is 0.140 e. The molecule has 0 bridgehead atoms. The lowest BCUT2D eigenvalue weighted by Crippen LogP contribution is -2.37. The van der Waals surface area contributed by atoms with Gasteiger partial charge in [-0.3, -0.25) is 0 Å². The third kappa shape index (κ3) is 3.08. The van der Waals surface area contributed by atoms with Gasteiger partial charge in [-0.1, -0.05) is 6.92 Å². The van der Waals surface area contributed by atoms with Gasteiger partial charge in [-0.2, -0.15) is 0 Å². The monoisotopic (exact) mass is 285 g/mol. The average Bonchev–Trinajstić information content (AvgIpc) is 2.97. The van der Waals surface area contributed by atoms with E-state index in [1.165, 1.54) is 32.4 Å². The van der Waals surface area contributed by atoms with Gasteiger partial charge in [0.05, 0.1) is 0 Å². The van der Waals surface area contributed by atoms with Crippen LogP contribution in [-0.4, -0.2) is 39.1 Å². The first-order chi connectivity index (χ1) is 10.3. The third-order valence-electron chi connectivity index (χ3n) is 4.12. The van der Waals surface area contributed by atoms with E-state index in [0.29, 0.717) is 11.9 Å². The lowest BCUT2D eigenvalue weighted by Gasteiger charge is -2.33. The van der Waals surface area contributed by atoms with Crippen LogP contribution in [0.4, 0.5) is 5.82 Å². The van der Waals surface area contributed by atoms with Crippen LogP contribution in [0.5, 0.6) is 0 Å². The van der Waals surface area contributed by atoms with Crippen molar-refractivity contribution in [1.29, 1.82) is 0 Å². The van der Waals surface area contributed by atoms with Gasteiger partial charge >= 0.3 is 0 Å². The Morgan fingerprint density at radius 2 is 2.24 bits per heavy atom. The van der Waals surface area contributed by atoms with Crippen LogP contribution in [0.2, 0.25) is 0 Å². The van der Waals surface area contributed by atoms with Crippen LogP contribution < -0.4 is 5.73 Å². The van der Waals surface area contributed by atoms with E-state index in [1.807, 2.05) is 18.3 Å². The minimum Gasteiger partial charge on any atom is -0.384 e. The highest BCUT2D eigenvalue weighted by Crippen LogP contribution is 2.27. The summed E-state index contributed by atoms with van der Waals surface area (Å²) in [5.74, 6) is 1.53. The Hall–Kier alpha value is -1.88. The quantitative estimate of drug-likeness (QED) is 0.938. The maximum Gasteiger partial charge on any atom is 0.140 e. The Balaban J connectivity index is 1.85. The lowest BCUT2D eigenvalue weighted by molar-refractivity contribution is 0.178. The summed E-state index contributed by atoms with van der Waals surface area (Å²) >= 11 is 0. The summed E-state index contributed by atoms with van der Waals surface area (Å²) in [4.78, 5) is 11.2. The van der Waals surface area contributed by atoms with Crippen LogP contribution in [0.25, 0.3) is 11.4 Å². The van der Waals surface area contributed by atoms with Crippen molar-refractivity contribution < 1.29 is 0 Å². The van der Waals surface area contributed by atoms with Gasteiger partial charge in [0.25, 0.3) is 0 Å². The predicted molar refractivity (Wildman–Crippen MR) is 84.9 cm³/mol. The van der Waals surface area contributed by atoms with Crippen LogP contribution in [-0.2, 0) is 0 Å². The molecule has 1 unspecified atom stereocenters. The molecule has 2 aromatic rings. The molecule has 0 radical (unpaired) electrons. The fourth-order valence-corrected chi connectivity index (χ4v) is 3.20. The SMILES string of the molecule is CCCN1CCCC(n2ccnc2-c2ccnc(N)c2)C1. The van der Waals surface area contributed by atoms with Crippen LogP contribution in [0.15, 0.2) is 30.7 Å². The molecule has 1 atom stereocenters. The normalized spacial score (nSPS) is 19.8. The number of hydrogen-bond donors (Lipinski definition) is 1. The Morgan fingerprint density at radius 3 is 3.05 bits per heavy atom. The summed E-state index contributed by atoms with van der Waals surface area (Å²) in [5, 5.41) is 0. The predicted octanol–water partition coefficient (Wildman–Crippen LogP) is 2.57. The molecule has 0 saturated carbocycles. The molecule has 1 aliphatic heterocycles. The van der Waals surface area contributed by atoms with E-state index >= 15 is 0 Å². The molecule has 2 aromatic heterocycles. The molecule has 0 aromatic carbocycles. The van der Waals surface area contributed by atoms with Crippen molar-refractivity contribution in [2.75, 3.05) is 25.4 Å². The summed E-state index contributed by atoms with van der Waals surface area (Å²) in [7, 11) is 0. The Bertz CT molecular complexity index is 590. The van der Waals surface area contributed by atoms with Crippen molar-refractivity contribution in [3.8, 4) is 11.4 Å². The number of hydrogen-bond acceptors (Lipinski definition) is 4. The minimum atomic E-state index is 0.497. The number of anilines is 1. The molecule has 112 valence electrons. The Morgan fingerprint density at radius 1 is 1.33 bits per heavy atom. The van der Waals surface area contributed by atoms with Crippen molar-refractivity contribution in [2.24, 2.45) is 0 Å². The van der Waals surface area contributed by atoms with Crippen molar-refractivity contribution in [2.45, 2.75) is 32.2 Å². The van der Waals surface area contributed by atoms with Crippen LogP contribution in [0.1, 0.15) is 32.2 Å². The third-order valence-corrected chi connectivity index (χ3v) is 4.12. The van der Waals surface area contributed by atoms with E-state index in [4.69, 9.17) is 5.73 Å². The molecule has 1 aliphatic rings. The van der Waals surface area contributed by atoms with Crippen LogP contribution in [0.3, 0.4) is 0 Å². The second-order valence-electron chi connectivity index (χ2n) is 5.72. The second-order valence-corrected chi connectivity index (χ2v) is 5.72. The molecule has 1 saturated heterocycles. The van der Waals surface area contributed by atoms with E-state index in [9.17, 15) is 0 Å². The van der Waals surface area contributed by atoms with E-state index in [1.54, 1.807) is 6.20 Å². The van der Waals surface area contributed by atoms with Gasteiger partial charge in [0, 0.05) is 36.7 Å². The summed E-state index contributed by atoms with van der Waals surface area (Å²) < 4.78 is 2.30. The van der Waals surface area contributed by atoms with Crippen molar-refractivity contribution in [1.82, 2.24) is 19.4 Å². The Labute approximate surface area is 125 Å². The average molecular weight is 285 g/mol. The van der Waals surface area contributed by atoms with Crippen molar-refractivity contribution in [3.05, 3.63) is 30.7 Å². The molecule has 5 nitrogen and oxygen atoms in total. The number of imidazole rings is 1. The van der Waals surface area contributed by atoms with Crippen molar-refractivity contribution in [3.63, 3.8) is 0 Å². The number of aromatic nitrogens is 3. The van der Waals surface area contributed by atoms with Gasteiger partial charge in [-0.25, -0.2) is 9.97 Å². The zero-order valence-electron chi connectivity index (χ0n) is 12.6. The van der Waals surface area contributed by atoms with Crippen LogP contribution >= 0.6 is 0 Å². The molecule has 0 spiro atoms. The maximum atomic E-state index is 5.80. The number of pyridine rings is 1. The molecule has 0 amide bonds. The van der Waals surface area contributed by atoms with E-state index in [2.05, 4.69) is 32.6 Å². The standard InChI is InChI=1S/C16H23N5/c1-2-8-20-9-3-4-14(12-20)21-10-7-19-16(21)13-5-6-18-15(17)11-13/h5-7,10-11,14H,2-4,8-9,12H2,1H3,(H2,17,18). The van der Waals surface area contributed by atoms with Crippen LogP contribution in [0, 0.1) is 0 Å². The number of nitrogen functional groups attached to an aromatic ring is 1. The first-order valence-corrected chi connectivity index (χ1v) is 7.75. The fraction of sp³-hybridized carbons (Fsp3) is 0.500. The molecular weight excluding hydrogens is 262 g/mol. The van der Waals surface area contributed by atoms with Gasteiger partial charge < -0.3 is 15.2 Å². The topological polar surface area (TPSA) is 60.0 Å². The summed E-state index contributed by atoms with van der Waals surface area (Å²) in [6.45, 7) is 5.75. The second kappa shape index (κ2) is 6.26. The summed E-state index contributed by atoms with van der Waals surface area (Å²) in [5.41, 5.74) is 6.84. The molecule has 3 heterocycles. The first kappa shape index (κ1) is 14.1. The minimum absolute atomic E-state index is 0.497. The molecule has 3 rings (SSSR count). The number of nitrogens with two attached hydrogens (primary N) is 1. The molecule has 21 heavy (non-hydrogen) atoms. The van der Waals surface area contributed by atoms with Gasteiger partial charge in [0.15, 0.2) is 0 Å². The first-order valence-electron chi connectivity index (χ1n) is 7.75. The molecular formula is C16H23N5. The van der Waals surface area contributed by atoms with E-state index in [0.717, 1.165) is 17.9 Å². The number of piperidine rings is 1. The highest BCUT2D eigenvalue weighted by molar-refractivity contribution is 5.59. The number of nitrogens with zero attached hydrogens (tertiary/aromatic N) is 4. The van der Waals surface area contributed by atoms with Gasteiger partial charge in [-0.15, -0.1) is 0 Å². The Kier molecular flexibility index (Phi) is 4.20. The molecule has 1 fully saturated rings. The van der Waals surface area contributed by atoms with Crippen molar-refractivity contribution >= 4 is 5.82 Å². The van der Waals surface area contributed by atoms with E-state index in [-0.39, 0.29) is 0 Å². The van der Waals surface area contributed by atoms with Gasteiger partial charge in [-0.05, 0) is 44.5 Å². The molecule has 2 N–H and O–H groups in total. The van der Waals surface area contributed by atoms with E-state index < -0.39 is 0 Å². The zero-order valence-corrected chi connectivity index (χ0v) is 12.6. The highest BCUT2D eigenvalue weighted by atomic mass is 15.2. The zero-order chi connectivity index (χ0) is 14.7. The highest BCUT2D eigenvalue weighted by Gasteiger charge is 2.22. The summed E-state index contributed by atoms with van der Waals surface area (Å²) in [6.07, 6.45) is 9.39. The maximum absolute atomic E-state index is 5.80. The number of rotatable bonds is 4. The summed E-state index contributed by atoms with van der Waals surface area (Å²) in [6, 6.07) is 4.37. The molecule has 5 heteroatoms. The number of likely N-dealkylation sites (tertiary alicyclic amines) is 1. The largest absolute Gasteiger partial charge is 0.384 e. The van der Waals surface area contributed by atoms with Gasteiger partial charge in [0.2, 0.25) is 0 Å². The lowest BCUT2D eigenvalue weighted by atomic mass is 10.0. The fourth-order valence-electron chi connectivity index (χ4n) is 3.20. The molecule has 0 aliphatic carbocycles.